The van der Waals surface area contributed by atoms with E-state index in [4.69, 9.17) is 6.57 Å². The van der Waals surface area contributed by atoms with Gasteiger partial charge in [0.15, 0.2) is 5.69 Å². The number of benzene rings is 1. The number of anilines is 1. The van der Waals surface area contributed by atoms with Gasteiger partial charge in [0.2, 0.25) is 5.91 Å². The van der Waals surface area contributed by atoms with Crippen LogP contribution in [-0.4, -0.2) is 34.2 Å². The largest absolute Gasteiger partial charge is 0.477 e. The number of carboxylic acid groups (broad SMARTS) is 1. The molecule has 1 amide bonds. The molecule has 0 bridgehead atoms. The highest BCUT2D eigenvalue weighted by molar-refractivity contribution is 7.18. The van der Waals surface area contributed by atoms with Crippen LogP contribution < -0.4 is 4.90 Å². The number of hydrogen-bond donors (Lipinski definition) is 2. The zero-order valence-corrected chi connectivity index (χ0v) is 19.7. The van der Waals surface area contributed by atoms with Crippen molar-refractivity contribution in [2.75, 3.05) is 4.90 Å². The first-order chi connectivity index (χ1) is 15.9. The summed E-state index contributed by atoms with van der Waals surface area (Å²) in [5.74, 6) is -0.479. The Morgan fingerprint density at radius 3 is 2.24 bits per heavy atom. The molecule has 1 heterocycles. The minimum atomic E-state index is -1.04. The van der Waals surface area contributed by atoms with Gasteiger partial charge in [-0.3, -0.25) is 4.79 Å². The monoisotopic (exact) mass is 466 g/mol. The van der Waals surface area contributed by atoms with Crippen molar-refractivity contribution in [2.24, 2.45) is 11.8 Å². The summed E-state index contributed by atoms with van der Waals surface area (Å²) in [6.45, 7) is 9.36. The van der Waals surface area contributed by atoms with Crippen molar-refractivity contribution < 1.29 is 19.8 Å². The van der Waals surface area contributed by atoms with Gasteiger partial charge in [-0.25, -0.2) is 9.64 Å². The van der Waals surface area contributed by atoms with Crippen LogP contribution in [0.3, 0.4) is 0 Å². The van der Waals surface area contributed by atoms with Crippen molar-refractivity contribution in [3.8, 4) is 10.4 Å². The van der Waals surface area contributed by atoms with E-state index in [0.717, 1.165) is 36.1 Å². The van der Waals surface area contributed by atoms with Crippen LogP contribution in [0, 0.1) is 18.4 Å². The number of thiophene rings is 1. The van der Waals surface area contributed by atoms with E-state index >= 15 is 0 Å². The molecule has 1 aromatic heterocycles. The number of aliphatic hydroxyl groups is 1. The smallest absolute Gasteiger partial charge is 0.348 e. The lowest BCUT2D eigenvalue weighted by Gasteiger charge is -2.38. The SMILES string of the molecule is [C-]#[N+]c1ccc(-c2cc(N(C(=O)C3CCC(C)CC3)C3CCC(O)CC3)c(C(=O)O)s2)cc1. The molecule has 2 aliphatic carbocycles. The topological polar surface area (TPSA) is 82.2 Å². The molecule has 2 fully saturated rings. The predicted octanol–water partition coefficient (Wildman–Crippen LogP) is 6.13. The van der Waals surface area contributed by atoms with E-state index in [1.54, 1.807) is 17.0 Å². The molecule has 0 aliphatic heterocycles. The van der Waals surface area contributed by atoms with Gasteiger partial charge in [-0.05, 0) is 68.9 Å². The summed E-state index contributed by atoms with van der Waals surface area (Å²) in [5, 5.41) is 20.0. The molecule has 0 unspecified atom stereocenters. The van der Waals surface area contributed by atoms with Crippen LogP contribution in [0.2, 0.25) is 0 Å². The van der Waals surface area contributed by atoms with E-state index in [9.17, 15) is 19.8 Å². The van der Waals surface area contributed by atoms with Gasteiger partial charge in [0.05, 0.1) is 18.4 Å². The maximum Gasteiger partial charge on any atom is 0.348 e. The first kappa shape index (κ1) is 23.5. The van der Waals surface area contributed by atoms with Crippen molar-refractivity contribution >= 4 is 34.6 Å². The third-order valence-electron chi connectivity index (χ3n) is 7.08. The van der Waals surface area contributed by atoms with Gasteiger partial charge in [-0.15, -0.1) is 11.3 Å². The van der Waals surface area contributed by atoms with Gasteiger partial charge >= 0.3 is 5.97 Å². The van der Waals surface area contributed by atoms with Crippen molar-refractivity contribution in [1.82, 2.24) is 0 Å². The Labute approximate surface area is 198 Å². The highest BCUT2D eigenvalue weighted by Gasteiger charge is 2.37. The Hall–Kier alpha value is -2.69. The van der Waals surface area contributed by atoms with Crippen LogP contribution in [0.1, 0.15) is 68.0 Å². The molecule has 0 atom stereocenters. The minimum absolute atomic E-state index is 0.0264. The fraction of sp³-hybridized carbons (Fsp3) is 0.500. The Morgan fingerprint density at radius 1 is 1.03 bits per heavy atom. The summed E-state index contributed by atoms with van der Waals surface area (Å²) < 4.78 is 0. The average Bonchev–Trinajstić information content (AvgIpc) is 3.26. The highest BCUT2D eigenvalue weighted by Crippen LogP contribution is 2.42. The Morgan fingerprint density at radius 2 is 1.67 bits per heavy atom. The number of rotatable bonds is 5. The molecule has 2 saturated carbocycles. The molecule has 2 aliphatic rings. The van der Waals surface area contributed by atoms with Crippen LogP contribution in [-0.2, 0) is 4.79 Å². The van der Waals surface area contributed by atoms with Crippen molar-refractivity contribution in [1.29, 1.82) is 0 Å². The summed E-state index contributed by atoms with van der Waals surface area (Å²) in [6.07, 6.45) is 5.92. The molecule has 0 spiro atoms. The highest BCUT2D eigenvalue weighted by atomic mass is 32.1. The van der Waals surface area contributed by atoms with Gasteiger partial charge in [-0.2, -0.15) is 0 Å². The van der Waals surface area contributed by atoms with E-state index in [1.165, 1.54) is 11.3 Å². The van der Waals surface area contributed by atoms with Gasteiger partial charge in [0.25, 0.3) is 0 Å². The summed E-state index contributed by atoms with van der Waals surface area (Å²) in [5.41, 5.74) is 1.83. The molecule has 7 heteroatoms. The maximum atomic E-state index is 13.8. The van der Waals surface area contributed by atoms with E-state index < -0.39 is 5.97 Å². The number of carbonyl (C=O) groups excluding carboxylic acids is 1. The number of aliphatic hydroxyl groups excluding tert-OH is 1. The maximum absolute atomic E-state index is 13.8. The molecule has 6 nitrogen and oxygen atoms in total. The van der Waals surface area contributed by atoms with Crippen molar-refractivity contribution in [2.45, 2.75) is 70.4 Å². The molecule has 4 rings (SSSR count). The van der Waals surface area contributed by atoms with Crippen molar-refractivity contribution in [3.63, 3.8) is 0 Å². The lowest BCUT2D eigenvalue weighted by atomic mass is 9.81. The van der Waals surface area contributed by atoms with Gasteiger partial charge in [0.1, 0.15) is 4.88 Å². The molecule has 0 saturated heterocycles. The van der Waals surface area contributed by atoms with Crippen molar-refractivity contribution in [3.05, 3.63) is 46.6 Å². The fourth-order valence-corrected chi connectivity index (χ4v) is 6.07. The lowest BCUT2D eigenvalue weighted by Crippen LogP contribution is -2.47. The zero-order chi connectivity index (χ0) is 23.5. The molecular formula is C26H30N2O4S. The van der Waals surface area contributed by atoms with E-state index in [2.05, 4.69) is 11.8 Å². The van der Waals surface area contributed by atoms with Crippen LogP contribution >= 0.6 is 11.3 Å². The molecule has 1 aromatic carbocycles. The van der Waals surface area contributed by atoms with Crippen LogP contribution in [0.15, 0.2) is 30.3 Å². The summed E-state index contributed by atoms with van der Waals surface area (Å²) >= 11 is 1.17. The molecule has 174 valence electrons. The fourth-order valence-electron chi connectivity index (χ4n) is 5.07. The number of nitrogens with zero attached hydrogens (tertiary/aromatic N) is 2. The quantitative estimate of drug-likeness (QED) is 0.520. The summed E-state index contributed by atoms with van der Waals surface area (Å²) in [7, 11) is 0. The van der Waals surface area contributed by atoms with Crippen LogP contribution in [0.25, 0.3) is 15.3 Å². The first-order valence-corrected chi connectivity index (χ1v) is 12.5. The molecule has 2 N–H and O–H groups in total. The Bertz CT molecular complexity index is 1040. The van der Waals surface area contributed by atoms with Crippen LogP contribution in [0.4, 0.5) is 11.4 Å². The Balaban J connectivity index is 1.73. The van der Waals surface area contributed by atoms with E-state index in [-0.39, 0.29) is 28.8 Å². The van der Waals surface area contributed by atoms with Gasteiger partial charge in [-0.1, -0.05) is 31.2 Å². The third kappa shape index (κ3) is 5.13. The van der Waals surface area contributed by atoms with E-state index in [0.29, 0.717) is 43.0 Å². The standard InChI is InChI=1S/C26H30N2O4S/c1-16-3-5-18(6-4-16)25(30)28(20-11-13-21(29)14-12-20)22-15-23(33-24(22)26(31)32)17-7-9-19(27-2)10-8-17/h7-10,15-16,18,20-21,29H,3-6,11-14H2,1H3,(H,31,32). The molecular weight excluding hydrogens is 436 g/mol. The van der Waals surface area contributed by atoms with E-state index in [1.807, 2.05) is 18.2 Å². The van der Waals surface area contributed by atoms with Crippen LogP contribution in [0.5, 0.6) is 0 Å². The molecule has 2 aromatic rings. The second-order valence-corrected chi connectivity index (χ2v) is 10.5. The number of carbonyl (C=O) groups is 2. The average molecular weight is 467 g/mol. The normalized spacial score (nSPS) is 25.2. The lowest BCUT2D eigenvalue weighted by molar-refractivity contribution is -0.124. The summed E-state index contributed by atoms with van der Waals surface area (Å²) in [4.78, 5) is 32.2. The zero-order valence-electron chi connectivity index (χ0n) is 18.9. The first-order valence-electron chi connectivity index (χ1n) is 11.7. The van der Waals surface area contributed by atoms with Gasteiger partial charge in [0, 0.05) is 16.8 Å². The molecule has 33 heavy (non-hydrogen) atoms. The number of amides is 1. The second-order valence-electron chi connectivity index (χ2n) is 9.42. The van der Waals surface area contributed by atoms with Gasteiger partial charge < -0.3 is 15.1 Å². The Kier molecular flexibility index (Phi) is 7.16. The third-order valence-corrected chi connectivity index (χ3v) is 8.24. The molecule has 0 radical (unpaired) electrons. The number of aromatic carboxylic acids is 1. The summed E-state index contributed by atoms with van der Waals surface area (Å²) in [6, 6.07) is 8.80. The number of hydrogen-bond acceptors (Lipinski definition) is 4. The number of carboxylic acids is 1. The second kappa shape index (κ2) is 10.1. The minimum Gasteiger partial charge on any atom is -0.477 e. The predicted molar refractivity (Wildman–Crippen MR) is 130 cm³/mol.